The molecule has 3 heterocycles. The van der Waals surface area contributed by atoms with E-state index in [0.717, 1.165) is 22.5 Å². The number of fused-ring (bicyclic) bond motifs is 1. The van der Waals surface area contributed by atoms with Crippen LogP contribution in [-0.2, 0) is 7.05 Å². The third-order valence-corrected chi connectivity index (χ3v) is 5.30. The van der Waals surface area contributed by atoms with Gasteiger partial charge in [0, 0.05) is 30.2 Å². The van der Waals surface area contributed by atoms with Crippen LogP contribution in [0.5, 0.6) is 0 Å². The van der Waals surface area contributed by atoms with Crippen LogP contribution in [0.1, 0.15) is 11.4 Å². The molecule has 0 amide bonds. The minimum atomic E-state index is -0.385. The average Bonchev–Trinajstić information content (AvgIpc) is 3.33. The van der Waals surface area contributed by atoms with E-state index in [-0.39, 0.29) is 11.6 Å². The largest absolute Gasteiger partial charge is 0.338 e. The lowest BCUT2D eigenvalue weighted by Gasteiger charge is -2.10. The van der Waals surface area contributed by atoms with Crippen LogP contribution in [0.25, 0.3) is 28.1 Å². The molecule has 0 saturated carbocycles. The number of nitrogens with zero attached hydrogens (tertiary/aromatic N) is 5. The van der Waals surface area contributed by atoms with Gasteiger partial charge in [-0.2, -0.15) is 0 Å². The Balaban J connectivity index is 1.55. The van der Waals surface area contributed by atoms with Crippen LogP contribution in [0, 0.1) is 25.5 Å². The Kier molecular flexibility index (Phi) is 4.70. The summed E-state index contributed by atoms with van der Waals surface area (Å²) in [5.74, 6) is 0.523. The molecule has 0 radical (unpaired) electrons. The van der Waals surface area contributed by atoms with Crippen molar-refractivity contribution >= 4 is 22.5 Å². The summed E-state index contributed by atoms with van der Waals surface area (Å²) in [5, 5.41) is 3.20. The molecule has 0 aliphatic carbocycles. The number of aryl methyl sites for hydroxylation is 3. The van der Waals surface area contributed by atoms with Crippen LogP contribution < -0.4 is 5.32 Å². The molecule has 5 aromatic rings. The van der Waals surface area contributed by atoms with E-state index in [2.05, 4.69) is 15.3 Å². The zero-order valence-electron chi connectivity index (χ0n) is 17.8. The molecule has 32 heavy (non-hydrogen) atoms. The molecule has 6 nitrogen and oxygen atoms in total. The fourth-order valence-corrected chi connectivity index (χ4v) is 3.74. The van der Waals surface area contributed by atoms with Gasteiger partial charge in [0.15, 0.2) is 5.82 Å². The van der Waals surface area contributed by atoms with E-state index >= 15 is 0 Å². The molecule has 1 N–H and O–H groups in total. The fourth-order valence-electron chi connectivity index (χ4n) is 3.74. The molecule has 0 fully saturated rings. The van der Waals surface area contributed by atoms with Crippen molar-refractivity contribution in [3.05, 3.63) is 84.1 Å². The van der Waals surface area contributed by atoms with Gasteiger partial charge in [0.1, 0.15) is 23.0 Å². The summed E-state index contributed by atoms with van der Waals surface area (Å²) in [6.07, 6.45) is 3.35. The minimum absolute atomic E-state index is 0.302. The van der Waals surface area contributed by atoms with Crippen molar-refractivity contribution in [1.29, 1.82) is 0 Å². The van der Waals surface area contributed by atoms with E-state index in [4.69, 9.17) is 4.98 Å². The number of pyridine rings is 1. The number of anilines is 2. The highest BCUT2D eigenvalue weighted by Gasteiger charge is 2.16. The molecule has 5 rings (SSSR count). The van der Waals surface area contributed by atoms with Crippen LogP contribution in [-0.4, -0.2) is 24.1 Å². The monoisotopic (exact) mass is 430 g/mol. The zero-order chi connectivity index (χ0) is 22.4. The highest BCUT2D eigenvalue weighted by molar-refractivity contribution is 5.91. The van der Waals surface area contributed by atoms with Gasteiger partial charge < -0.3 is 14.5 Å². The second-order valence-electron chi connectivity index (χ2n) is 7.69. The van der Waals surface area contributed by atoms with Crippen molar-refractivity contribution in [1.82, 2.24) is 24.1 Å². The van der Waals surface area contributed by atoms with Crippen molar-refractivity contribution < 1.29 is 8.78 Å². The van der Waals surface area contributed by atoms with Crippen LogP contribution in [0.15, 0.2) is 61.1 Å². The number of hydrogen-bond donors (Lipinski definition) is 1. The summed E-state index contributed by atoms with van der Waals surface area (Å²) in [5.41, 5.74) is 4.87. The Labute approximate surface area is 183 Å². The van der Waals surface area contributed by atoms with E-state index in [9.17, 15) is 8.78 Å². The number of aromatic nitrogens is 5. The van der Waals surface area contributed by atoms with Gasteiger partial charge in [0.05, 0.1) is 23.2 Å². The lowest BCUT2D eigenvalue weighted by atomic mass is 10.2. The fraction of sp³-hybridized carbons (Fsp3) is 0.125. The number of rotatable bonds is 4. The number of nitrogens with one attached hydrogen (secondary N) is 1. The smallest absolute Gasteiger partial charge is 0.158 e. The van der Waals surface area contributed by atoms with Crippen LogP contribution in [0.4, 0.5) is 20.3 Å². The van der Waals surface area contributed by atoms with Crippen molar-refractivity contribution in [2.24, 2.45) is 7.05 Å². The van der Waals surface area contributed by atoms with Gasteiger partial charge >= 0.3 is 0 Å². The maximum atomic E-state index is 14.8. The first kappa shape index (κ1) is 19.9. The van der Waals surface area contributed by atoms with E-state index in [0.29, 0.717) is 28.5 Å². The van der Waals surface area contributed by atoms with Gasteiger partial charge in [-0.1, -0.05) is 0 Å². The highest BCUT2D eigenvalue weighted by Crippen LogP contribution is 2.30. The van der Waals surface area contributed by atoms with Crippen molar-refractivity contribution in [2.75, 3.05) is 5.32 Å². The van der Waals surface area contributed by atoms with Gasteiger partial charge in [-0.25, -0.2) is 23.7 Å². The number of imidazole rings is 2. The summed E-state index contributed by atoms with van der Waals surface area (Å²) in [6.45, 7) is 3.74. The van der Waals surface area contributed by atoms with Crippen LogP contribution in [0.2, 0.25) is 0 Å². The lowest BCUT2D eigenvalue weighted by molar-refractivity contribution is 0.618. The molecular formula is C24H20F2N6. The minimum Gasteiger partial charge on any atom is -0.338 e. The molecule has 0 saturated heterocycles. The Hall–Kier alpha value is -4.07. The third kappa shape index (κ3) is 3.49. The van der Waals surface area contributed by atoms with Crippen LogP contribution in [0.3, 0.4) is 0 Å². The molecule has 0 spiro atoms. The number of hydrogen-bond acceptors (Lipinski definition) is 4. The van der Waals surface area contributed by atoms with Gasteiger partial charge in [-0.15, -0.1) is 0 Å². The van der Waals surface area contributed by atoms with E-state index in [1.165, 1.54) is 18.2 Å². The van der Waals surface area contributed by atoms with Gasteiger partial charge in [-0.3, -0.25) is 0 Å². The maximum absolute atomic E-state index is 14.8. The molecule has 0 bridgehead atoms. The van der Waals surface area contributed by atoms with Crippen LogP contribution >= 0.6 is 0 Å². The summed E-state index contributed by atoms with van der Waals surface area (Å²) in [4.78, 5) is 13.5. The first-order chi connectivity index (χ1) is 15.4. The van der Waals surface area contributed by atoms with E-state index in [1.54, 1.807) is 41.4 Å². The molecule has 0 aliphatic heterocycles. The normalized spacial score (nSPS) is 11.3. The Morgan fingerprint density at radius 2 is 1.69 bits per heavy atom. The van der Waals surface area contributed by atoms with Gasteiger partial charge in [0.25, 0.3) is 0 Å². The molecule has 160 valence electrons. The summed E-state index contributed by atoms with van der Waals surface area (Å²) in [6, 6.07) is 13.0. The predicted octanol–water partition coefficient (Wildman–Crippen LogP) is 5.46. The van der Waals surface area contributed by atoms with Gasteiger partial charge in [0.2, 0.25) is 0 Å². The summed E-state index contributed by atoms with van der Waals surface area (Å²) in [7, 11) is 1.90. The van der Waals surface area contributed by atoms with E-state index < -0.39 is 0 Å². The quantitative estimate of drug-likeness (QED) is 0.411. The molecule has 0 atom stereocenters. The average molecular weight is 430 g/mol. The van der Waals surface area contributed by atoms with E-state index in [1.807, 2.05) is 31.5 Å². The third-order valence-electron chi connectivity index (χ3n) is 5.30. The van der Waals surface area contributed by atoms with Crippen molar-refractivity contribution in [2.45, 2.75) is 13.8 Å². The predicted molar refractivity (Wildman–Crippen MR) is 120 cm³/mol. The molecule has 3 aromatic heterocycles. The molecule has 2 aromatic carbocycles. The zero-order valence-corrected chi connectivity index (χ0v) is 17.8. The highest BCUT2D eigenvalue weighted by atomic mass is 19.1. The number of benzene rings is 2. The topological polar surface area (TPSA) is 60.6 Å². The molecule has 8 heteroatoms. The maximum Gasteiger partial charge on any atom is 0.158 e. The SMILES string of the molecule is Cc1cn(-c2ccc(Nc3nc(C)cc4c3nc(-c3ccc(F)cc3)n4C)cc2F)cn1. The Morgan fingerprint density at radius 3 is 2.38 bits per heavy atom. The lowest BCUT2D eigenvalue weighted by Crippen LogP contribution is -2.00. The second-order valence-corrected chi connectivity index (χ2v) is 7.69. The second kappa shape index (κ2) is 7.56. The molecule has 0 aliphatic rings. The van der Waals surface area contributed by atoms with Crippen molar-refractivity contribution in [3.8, 4) is 17.1 Å². The summed E-state index contributed by atoms with van der Waals surface area (Å²) < 4.78 is 31.7. The molecular weight excluding hydrogens is 410 g/mol. The Morgan fingerprint density at radius 1 is 0.906 bits per heavy atom. The first-order valence-corrected chi connectivity index (χ1v) is 10.1. The van der Waals surface area contributed by atoms with Gasteiger partial charge in [-0.05, 0) is 62.4 Å². The molecule has 0 unspecified atom stereocenters. The first-order valence-electron chi connectivity index (χ1n) is 10.1. The standard InChI is InChI=1S/C24H20F2N6/c1-14-10-21-22(30-24(31(21)3)16-4-6-17(25)7-5-16)23(28-14)29-18-8-9-20(19(26)11-18)32-12-15(2)27-13-32/h4-13H,1-3H3,(H,28,29). The number of halogens is 2. The van der Waals surface area contributed by atoms with Crippen molar-refractivity contribution in [3.63, 3.8) is 0 Å². The Bertz CT molecular complexity index is 1450. The summed E-state index contributed by atoms with van der Waals surface area (Å²) >= 11 is 0.